The standard InChI is InChI=1S/C28H21ClF2N2O2/c1-28(16-17-11-21(30)15-22(31)12-17)23-14-19(18-5-3-6-20(29)13-18)9-10-24(23)33(27(28)34)25-7-4-8-26(32-25)35-2/h3-15H,16H2,1-2H3. The van der Waals surface area contributed by atoms with E-state index in [9.17, 15) is 13.6 Å². The zero-order valence-corrected chi connectivity index (χ0v) is 19.8. The number of fused-ring (bicyclic) bond motifs is 1. The summed E-state index contributed by atoms with van der Waals surface area (Å²) < 4.78 is 33.2. The molecule has 0 saturated heterocycles. The molecule has 0 fully saturated rings. The minimum Gasteiger partial charge on any atom is -0.481 e. The van der Waals surface area contributed by atoms with E-state index in [1.54, 1.807) is 31.2 Å². The summed E-state index contributed by atoms with van der Waals surface area (Å²) in [5, 5.41) is 0.597. The highest BCUT2D eigenvalue weighted by molar-refractivity contribution is 6.30. The van der Waals surface area contributed by atoms with Crippen LogP contribution in [-0.4, -0.2) is 18.0 Å². The molecule has 1 atom stereocenters. The minimum atomic E-state index is -1.10. The second-order valence-corrected chi connectivity index (χ2v) is 9.14. The summed E-state index contributed by atoms with van der Waals surface area (Å²) in [6.45, 7) is 1.79. The Hall–Kier alpha value is -3.77. The SMILES string of the molecule is COc1cccc(N2C(=O)C(C)(Cc3cc(F)cc(F)c3)c3cc(-c4cccc(Cl)c4)ccc32)n1. The number of hydrogen-bond donors (Lipinski definition) is 0. The van der Waals surface area contributed by atoms with Crippen LogP contribution in [0.1, 0.15) is 18.1 Å². The molecule has 7 heteroatoms. The van der Waals surface area contributed by atoms with Gasteiger partial charge in [-0.3, -0.25) is 9.69 Å². The van der Waals surface area contributed by atoms with Crippen LogP contribution < -0.4 is 9.64 Å². The van der Waals surface area contributed by atoms with Crippen molar-refractivity contribution in [2.24, 2.45) is 0 Å². The van der Waals surface area contributed by atoms with Crippen LogP contribution in [0.3, 0.4) is 0 Å². The van der Waals surface area contributed by atoms with Gasteiger partial charge < -0.3 is 4.74 Å². The van der Waals surface area contributed by atoms with Gasteiger partial charge in [0, 0.05) is 17.2 Å². The Labute approximate surface area is 206 Å². The van der Waals surface area contributed by atoms with Crippen molar-refractivity contribution in [3.63, 3.8) is 0 Å². The number of ether oxygens (including phenoxy) is 1. The summed E-state index contributed by atoms with van der Waals surface area (Å²) in [7, 11) is 1.51. The van der Waals surface area contributed by atoms with E-state index in [1.807, 2.05) is 36.4 Å². The quantitative estimate of drug-likeness (QED) is 0.306. The zero-order chi connectivity index (χ0) is 24.7. The van der Waals surface area contributed by atoms with Gasteiger partial charge in [0.15, 0.2) is 0 Å². The van der Waals surface area contributed by atoms with E-state index >= 15 is 0 Å². The number of anilines is 2. The maximum Gasteiger partial charge on any atom is 0.243 e. The molecule has 35 heavy (non-hydrogen) atoms. The molecule has 4 aromatic rings. The number of halogens is 3. The maximum atomic E-state index is 14.0. The lowest BCUT2D eigenvalue weighted by molar-refractivity contribution is -0.122. The highest BCUT2D eigenvalue weighted by Gasteiger charge is 2.48. The second-order valence-electron chi connectivity index (χ2n) is 8.71. The van der Waals surface area contributed by atoms with Gasteiger partial charge in [0.25, 0.3) is 0 Å². The lowest BCUT2D eigenvalue weighted by atomic mass is 9.77. The Balaban J connectivity index is 1.68. The number of pyridine rings is 1. The Morgan fingerprint density at radius 3 is 2.37 bits per heavy atom. The number of carbonyl (C=O) groups is 1. The van der Waals surface area contributed by atoms with Crippen LogP contribution >= 0.6 is 11.6 Å². The van der Waals surface area contributed by atoms with Crippen molar-refractivity contribution in [1.29, 1.82) is 0 Å². The molecule has 1 aliphatic rings. The fourth-order valence-corrected chi connectivity index (χ4v) is 4.84. The van der Waals surface area contributed by atoms with Crippen LogP contribution in [-0.2, 0) is 16.6 Å². The number of rotatable bonds is 5. The van der Waals surface area contributed by atoms with E-state index in [-0.39, 0.29) is 12.3 Å². The molecule has 0 N–H and O–H groups in total. The van der Waals surface area contributed by atoms with E-state index < -0.39 is 17.0 Å². The molecule has 0 saturated carbocycles. The molecule has 0 radical (unpaired) electrons. The van der Waals surface area contributed by atoms with Crippen LogP contribution in [0, 0.1) is 11.6 Å². The van der Waals surface area contributed by atoms with E-state index in [0.29, 0.717) is 28.0 Å². The third-order valence-electron chi connectivity index (χ3n) is 6.29. The number of nitrogens with zero attached hydrogens (tertiary/aromatic N) is 2. The lowest BCUT2D eigenvalue weighted by Crippen LogP contribution is -2.38. The van der Waals surface area contributed by atoms with Crippen LogP contribution in [0.15, 0.2) is 78.9 Å². The van der Waals surface area contributed by atoms with Crippen molar-refractivity contribution < 1.29 is 18.3 Å². The lowest BCUT2D eigenvalue weighted by Gasteiger charge is -2.24. The summed E-state index contributed by atoms with van der Waals surface area (Å²) in [4.78, 5) is 20.0. The zero-order valence-electron chi connectivity index (χ0n) is 19.1. The first-order valence-electron chi connectivity index (χ1n) is 11.0. The number of amides is 1. The molecule has 1 amide bonds. The molecule has 3 aromatic carbocycles. The maximum absolute atomic E-state index is 14.0. The largest absolute Gasteiger partial charge is 0.481 e. The normalized spacial score (nSPS) is 16.9. The Morgan fingerprint density at radius 2 is 1.66 bits per heavy atom. The molecular weight excluding hydrogens is 470 g/mol. The predicted molar refractivity (Wildman–Crippen MR) is 132 cm³/mol. The number of carbonyl (C=O) groups excluding carboxylic acids is 1. The van der Waals surface area contributed by atoms with Gasteiger partial charge in [0.1, 0.15) is 17.5 Å². The highest BCUT2D eigenvalue weighted by atomic mass is 35.5. The van der Waals surface area contributed by atoms with Gasteiger partial charge in [-0.05, 0) is 78.1 Å². The number of methoxy groups -OCH3 is 1. The van der Waals surface area contributed by atoms with Gasteiger partial charge in [0.2, 0.25) is 11.8 Å². The number of hydrogen-bond acceptors (Lipinski definition) is 3. The highest BCUT2D eigenvalue weighted by Crippen LogP contribution is 2.48. The van der Waals surface area contributed by atoms with Crippen molar-refractivity contribution in [2.75, 3.05) is 12.0 Å². The fraction of sp³-hybridized carbons (Fsp3) is 0.143. The molecule has 1 unspecified atom stereocenters. The van der Waals surface area contributed by atoms with Crippen LogP contribution in [0.2, 0.25) is 5.02 Å². The summed E-state index contributed by atoms with van der Waals surface area (Å²) in [6, 6.07) is 21.7. The van der Waals surface area contributed by atoms with Crippen LogP contribution in [0.5, 0.6) is 5.88 Å². The van der Waals surface area contributed by atoms with E-state index in [1.165, 1.54) is 24.1 Å². The van der Waals surface area contributed by atoms with Gasteiger partial charge in [-0.25, -0.2) is 8.78 Å². The van der Waals surface area contributed by atoms with Gasteiger partial charge in [0.05, 0.1) is 18.2 Å². The average molecular weight is 491 g/mol. The number of benzene rings is 3. The smallest absolute Gasteiger partial charge is 0.243 e. The van der Waals surface area contributed by atoms with Crippen molar-refractivity contribution >= 4 is 29.0 Å². The molecule has 1 aliphatic heterocycles. The third-order valence-corrected chi connectivity index (χ3v) is 6.53. The van der Waals surface area contributed by atoms with Crippen LogP contribution in [0.4, 0.5) is 20.3 Å². The summed E-state index contributed by atoms with van der Waals surface area (Å²) in [5.74, 6) is -0.851. The monoisotopic (exact) mass is 490 g/mol. The van der Waals surface area contributed by atoms with Crippen molar-refractivity contribution in [2.45, 2.75) is 18.8 Å². The average Bonchev–Trinajstić information content (AvgIpc) is 3.04. The molecule has 0 aliphatic carbocycles. The van der Waals surface area contributed by atoms with Crippen LogP contribution in [0.25, 0.3) is 11.1 Å². The van der Waals surface area contributed by atoms with Gasteiger partial charge in [-0.2, -0.15) is 4.98 Å². The predicted octanol–water partition coefficient (Wildman–Crippen LogP) is 6.87. The molecule has 176 valence electrons. The summed E-state index contributed by atoms with van der Waals surface area (Å²) in [5.41, 5.74) is 2.43. The van der Waals surface area contributed by atoms with E-state index in [0.717, 1.165) is 22.8 Å². The Morgan fingerprint density at radius 1 is 0.943 bits per heavy atom. The molecule has 4 nitrogen and oxygen atoms in total. The van der Waals surface area contributed by atoms with Crippen molar-refractivity contribution in [3.05, 3.63) is 107 Å². The van der Waals surface area contributed by atoms with Gasteiger partial charge >= 0.3 is 0 Å². The topological polar surface area (TPSA) is 42.4 Å². The van der Waals surface area contributed by atoms with E-state index in [4.69, 9.17) is 16.3 Å². The van der Waals surface area contributed by atoms with Gasteiger partial charge in [-0.15, -0.1) is 0 Å². The minimum absolute atomic E-state index is 0.104. The first-order chi connectivity index (χ1) is 16.8. The molecular formula is C28H21ClF2N2O2. The fourth-order valence-electron chi connectivity index (χ4n) is 4.65. The first-order valence-corrected chi connectivity index (χ1v) is 11.4. The molecule has 2 heterocycles. The van der Waals surface area contributed by atoms with Gasteiger partial charge in [-0.1, -0.05) is 35.9 Å². The second kappa shape index (κ2) is 8.78. The molecule has 1 aromatic heterocycles. The Kier molecular flexibility index (Phi) is 5.77. The first kappa shape index (κ1) is 23.0. The van der Waals surface area contributed by atoms with Crippen molar-refractivity contribution in [3.8, 4) is 17.0 Å². The number of aromatic nitrogens is 1. The summed E-state index contributed by atoms with van der Waals surface area (Å²) >= 11 is 6.21. The molecule has 5 rings (SSSR count). The summed E-state index contributed by atoms with van der Waals surface area (Å²) in [6.07, 6.45) is 0.104. The molecule has 0 bridgehead atoms. The van der Waals surface area contributed by atoms with Crippen molar-refractivity contribution in [1.82, 2.24) is 4.98 Å². The Bertz CT molecular complexity index is 1440. The molecule has 0 spiro atoms. The van der Waals surface area contributed by atoms with E-state index in [2.05, 4.69) is 4.98 Å². The third kappa shape index (κ3) is 4.15.